The Labute approximate surface area is 90.2 Å². The summed E-state index contributed by atoms with van der Waals surface area (Å²) in [5.41, 5.74) is 7.55. The number of hydrogen-bond donors (Lipinski definition) is 1. The third kappa shape index (κ3) is 3.27. The number of anilines is 1. The highest BCUT2D eigenvalue weighted by Gasteiger charge is 2.03. The van der Waals surface area contributed by atoms with E-state index in [2.05, 4.69) is 6.92 Å². The molecule has 1 aromatic rings. The molecule has 82 valence electrons. The van der Waals surface area contributed by atoms with Gasteiger partial charge in [0.15, 0.2) is 5.78 Å². The molecule has 1 rings (SSSR count). The molecule has 0 unspecified atom stereocenters. The summed E-state index contributed by atoms with van der Waals surface area (Å²) in [4.78, 5) is 11.1. The van der Waals surface area contributed by atoms with Crippen molar-refractivity contribution in [1.29, 1.82) is 0 Å². The van der Waals surface area contributed by atoms with Crippen molar-refractivity contribution in [2.75, 3.05) is 12.3 Å². The molecule has 0 bridgehead atoms. The van der Waals surface area contributed by atoms with Gasteiger partial charge >= 0.3 is 0 Å². The van der Waals surface area contributed by atoms with Crippen molar-refractivity contribution in [3.63, 3.8) is 0 Å². The Balaban J connectivity index is 2.66. The van der Waals surface area contributed by atoms with Gasteiger partial charge in [-0.25, -0.2) is 0 Å². The van der Waals surface area contributed by atoms with Crippen LogP contribution in [0.15, 0.2) is 18.2 Å². The van der Waals surface area contributed by atoms with E-state index in [-0.39, 0.29) is 12.4 Å². The van der Waals surface area contributed by atoms with Gasteiger partial charge in [0.05, 0.1) is 5.69 Å². The quantitative estimate of drug-likeness (QED) is 0.753. The average Bonchev–Trinajstić information content (AvgIpc) is 2.26. The summed E-state index contributed by atoms with van der Waals surface area (Å²) in [7, 11) is 0. The lowest BCUT2D eigenvalue weighted by molar-refractivity contribution is -0.120. The maximum atomic E-state index is 11.1. The van der Waals surface area contributed by atoms with Gasteiger partial charge in [0.2, 0.25) is 0 Å². The molecule has 0 aliphatic heterocycles. The molecule has 2 N–H and O–H groups in total. The summed E-state index contributed by atoms with van der Waals surface area (Å²) in [6.45, 7) is 3.98. The Hall–Kier alpha value is -1.51. The molecule has 0 aliphatic rings. The van der Waals surface area contributed by atoms with Crippen LogP contribution in [-0.2, 0) is 11.2 Å². The SMILES string of the molecule is CCC(=O)COc1ccc(CC)cc1N. The minimum atomic E-state index is 0.0777. The molecule has 0 amide bonds. The Morgan fingerprint density at radius 3 is 2.67 bits per heavy atom. The number of nitrogen functional groups attached to an aromatic ring is 1. The molecular weight excluding hydrogens is 190 g/mol. The summed E-state index contributed by atoms with van der Waals surface area (Å²) < 4.78 is 5.31. The molecule has 0 aromatic heterocycles. The van der Waals surface area contributed by atoms with Crippen molar-refractivity contribution in [1.82, 2.24) is 0 Å². The van der Waals surface area contributed by atoms with Gasteiger partial charge in [0.1, 0.15) is 12.4 Å². The minimum Gasteiger partial charge on any atom is -0.484 e. The Morgan fingerprint density at radius 2 is 2.13 bits per heavy atom. The fraction of sp³-hybridized carbons (Fsp3) is 0.417. The molecule has 3 heteroatoms. The van der Waals surface area contributed by atoms with Crippen LogP contribution in [0, 0.1) is 0 Å². The van der Waals surface area contributed by atoms with E-state index in [9.17, 15) is 4.79 Å². The zero-order valence-electron chi connectivity index (χ0n) is 9.25. The predicted octanol–water partition coefficient (Wildman–Crippen LogP) is 2.19. The predicted molar refractivity (Wildman–Crippen MR) is 61.0 cm³/mol. The topological polar surface area (TPSA) is 52.3 Å². The first-order chi connectivity index (χ1) is 7.17. The Morgan fingerprint density at radius 1 is 1.40 bits per heavy atom. The molecule has 0 saturated carbocycles. The molecular formula is C12H17NO2. The molecule has 1 aromatic carbocycles. The largest absolute Gasteiger partial charge is 0.484 e. The Bertz CT molecular complexity index is 347. The van der Waals surface area contributed by atoms with Crippen molar-refractivity contribution in [2.24, 2.45) is 0 Å². The summed E-state index contributed by atoms with van der Waals surface area (Å²) in [6, 6.07) is 5.66. The second-order valence-electron chi connectivity index (χ2n) is 3.41. The van der Waals surface area contributed by atoms with Gasteiger partial charge in [-0.15, -0.1) is 0 Å². The second-order valence-corrected chi connectivity index (χ2v) is 3.41. The van der Waals surface area contributed by atoms with E-state index in [1.54, 1.807) is 0 Å². The summed E-state index contributed by atoms with van der Waals surface area (Å²) >= 11 is 0. The van der Waals surface area contributed by atoms with Crippen molar-refractivity contribution >= 4 is 11.5 Å². The monoisotopic (exact) mass is 207 g/mol. The molecule has 0 fully saturated rings. The summed E-state index contributed by atoms with van der Waals surface area (Å²) in [6.07, 6.45) is 1.44. The van der Waals surface area contributed by atoms with Gasteiger partial charge < -0.3 is 10.5 Å². The van der Waals surface area contributed by atoms with Crippen molar-refractivity contribution < 1.29 is 9.53 Å². The van der Waals surface area contributed by atoms with Crippen LogP contribution >= 0.6 is 0 Å². The first-order valence-corrected chi connectivity index (χ1v) is 5.20. The van der Waals surface area contributed by atoms with Crippen LogP contribution < -0.4 is 10.5 Å². The van der Waals surface area contributed by atoms with Crippen LogP contribution in [0.3, 0.4) is 0 Å². The van der Waals surface area contributed by atoms with Crippen LogP contribution in [0.1, 0.15) is 25.8 Å². The van der Waals surface area contributed by atoms with E-state index in [0.29, 0.717) is 17.9 Å². The lowest BCUT2D eigenvalue weighted by Crippen LogP contribution is -2.10. The van der Waals surface area contributed by atoms with E-state index in [4.69, 9.17) is 10.5 Å². The maximum absolute atomic E-state index is 11.1. The second kappa shape index (κ2) is 5.39. The summed E-state index contributed by atoms with van der Waals surface area (Å²) in [5, 5.41) is 0. The van der Waals surface area contributed by atoms with Crippen LogP contribution in [0.5, 0.6) is 5.75 Å². The van der Waals surface area contributed by atoms with Gasteiger partial charge in [0, 0.05) is 6.42 Å². The Kier molecular flexibility index (Phi) is 4.16. The molecule has 0 heterocycles. The zero-order valence-corrected chi connectivity index (χ0v) is 9.25. The standard InChI is InChI=1S/C12H17NO2/c1-3-9-5-6-12(11(13)7-9)15-8-10(14)4-2/h5-7H,3-4,8,13H2,1-2H3. The number of aryl methyl sites for hydroxylation is 1. The van der Waals surface area contributed by atoms with E-state index < -0.39 is 0 Å². The molecule has 0 spiro atoms. The molecule has 0 aliphatic carbocycles. The number of rotatable bonds is 5. The van der Waals surface area contributed by atoms with Crippen molar-refractivity contribution in [2.45, 2.75) is 26.7 Å². The van der Waals surface area contributed by atoms with E-state index >= 15 is 0 Å². The van der Waals surface area contributed by atoms with Crippen molar-refractivity contribution in [3.05, 3.63) is 23.8 Å². The number of carbonyl (C=O) groups excluding carboxylic acids is 1. The number of nitrogens with two attached hydrogens (primary N) is 1. The molecule has 0 radical (unpaired) electrons. The first kappa shape index (κ1) is 11.6. The van der Waals surface area contributed by atoms with E-state index in [1.807, 2.05) is 25.1 Å². The van der Waals surface area contributed by atoms with E-state index in [1.165, 1.54) is 5.56 Å². The highest BCUT2D eigenvalue weighted by Crippen LogP contribution is 2.22. The number of hydrogen-bond acceptors (Lipinski definition) is 3. The number of carbonyl (C=O) groups is 1. The molecule has 0 saturated heterocycles. The van der Waals surface area contributed by atoms with Gasteiger partial charge in [0.25, 0.3) is 0 Å². The smallest absolute Gasteiger partial charge is 0.169 e. The van der Waals surface area contributed by atoms with Gasteiger partial charge in [-0.05, 0) is 24.1 Å². The summed E-state index contributed by atoms with van der Waals surface area (Å²) in [5.74, 6) is 0.669. The lowest BCUT2D eigenvalue weighted by Gasteiger charge is -2.08. The third-order valence-electron chi connectivity index (χ3n) is 2.27. The van der Waals surface area contributed by atoms with Crippen LogP contribution in [0.4, 0.5) is 5.69 Å². The third-order valence-corrected chi connectivity index (χ3v) is 2.27. The molecule has 15 heavy (non-hydrogen) atoms. The van der Waals surface area contributed by atoms with Gasteiger partial charge in [-0.2, -0.15) is 0 Å². The average molecular weight is 207 g/mol. The first-order valence-electron chi connectivity index (χ1n) is 5.20. The molecule has 0 atom stereocenters. The van der Waals surface area contributed by atoms with Crippen LogP contribution in [-0.4, -0.2) is 12.4 Å². The number of ketones is 1. The van der Waals surface area contributed by atoms with Crippen LogP contribution in [0.2, 0.25) is 0 Å². The zero-order chi connectivity index (χ0) is 11.3. The maximum Gasteiger partial charge on any atom is 0.169 e. The number of ether oxygens (including phenoxy) is 1. The van der Waals surface area contributed by atoms with Crippen LogP contribution in [0.25, 0.3) is 0 Å². The fourth-order valence-corrected chi connectivity index (χ4v) is 1.21. The highest BCUT2D eigenvalue weighted by molar-refractivity contribution is 5.79. The number of Topliss-reactive ketones (excluding diaryl/α,β-unsaturated/α-hetero) is 1. The number of benzene rings is 1. The molecule has 3 nitrogen and oxygen atoms in total. The minimum absolute atomic E-state index is 0.0777. The van der Waals surface area contributed by atoms with Crippen molar-refractivity contribution in [3.8, 4) is 5.75 Å². The van der Waals surface area contributed by atoms with E-state index in [0.717, 1.165) is 6.42 Å². The van der Waals surface area contributed by atoms with Gasteiger partial charge in [-0.3, -0.25) is 4.79 Å². The fourth-order valence-electron chi connectivity index (χ4n) is 1.21. The van der Waals surface area contributed by atoms with Gasteiger partial charge in [-0.1, -0.05) is 19.9 Å². The lowest BCUT2D eigenvalue weighted by atomic mass is 10.1. The normalized spacial score (nSPS) is 10.0. The highest BCUT2D eigenvalue weighted by atomic mass is 16.5.